The van der Waals surface area contributed by atoms with Crippen molar-refractivity contribution in [1.29, 1.82) is 0 Å². The van der Waals surface area contributed by atoms with Crippen molar-refractivity contribution in [1.82, 2.24) is 20.2 Å². The van der Waals surface area contributed by atoms with Gasteiger partial charge >= 0.3 is 0 Å². The summed E-state index contributed by atoms with van der Waals surface area (Å²) in [4.78, 5) is 12.6. The molecular weight excluding hydrogens is 200 g/mol. The van der Waals surface area contributed by atoms with Gasteiger partial charge in [-0.3, -0.25) is 4.79 Å². The molecule has 1 heterocycles. The SMILES string of the molecule is COCCOCC(=O)Cc1nnn(C)n1. The lowest BCUT2D eigenvalue weighted by Crippen LogP contribution is -2.14. The van der Waals surface area contributed by atoms with E-state index in [1.54, 1.807) is 14.2 Å². The molecule has 0 aliphatic heterocycles. The van der Waals surface area contributed by atoms with Crippen LogP contribution < -0.4 is 0 Å². The Morgan fingerprint density at radius 1 is 1.47 bits per heavy atom. The van der Waals surface area contributed by atoms with Gasteiger partial charge in [0.25, 0.3) is 0 Å². The summed E-state index contributed by atoms with van der Waals surface area (Å²) < 4.78 is 9.83. The van der Waals surface area contributed by atoms with E-state index in [2.05, 4.69) is 15.4 Å². The number of hydrogen-bond donors (Lipinski definition) is 0. The highest BCUT2D eigenvalue weighted by atomic mass is 16.5. The maximum absolute atomic E-state index is 11.3. The standard InChI is InChI=1S/C8H14N4O3/c1-12-10-8(9-11-12)5-7(13)6-15-4-3-14-2/h3-6H2,1-2H3. The molecule has 84 valence electrons. The number of aryl methyl sites for hydroxylation is 1. The third-order valence-corrected chi connectivity index (χ3v) is 1.60. The monoisotopic (exact) mass is 214 g/mol. The van der Waals surface area contributed by atoms with Gasteiger partial charge in [-0.25, -0.2) is 0 Å². The van der Waals surface area contributed by atoms with Crippen LogP contribution in [0.15, 0.2) is 0 Å². The summed E-state index contributed by atoms with van der Waals surface area (Å²) >= 11 is 0. The van der Waals surface area contributed by atoms with Crippen LogP contribution in [0.3, 0.4) is 0 Å². The first kappa shape index (κ1) is 11.7. The van der Waals surface area contributed by atoms with Crippen LogP contribution in [-0.2, 0) is 27.7 Å². The quantitative estimate of drug-likeness (QED) is 0.541. The maximum Gasteiger partial charge on any atom is 0.182 e. The first-order chi connectivity index (χ1) is 7.22. The van der Waals surface area contributed by atoms with E-state index in [1.807, 2.05) is 0 Å². The fourth-order valence-electron chi connectivity index (χ4n) is 0.950. The summed E-state index contributed by atoms with van der Waals surface area (Å²) in [6.45, 7) is 0.953. The fourth-order valence-corrected chi connectivity index (χ4v) is 0.950. The molecule has 15 heavy (non-hydrogen) atoms. The van der Waals surface area contributed by atoms with Crippen molar-refractivity contribution in [2.45, 2.75) is 6.42 Å². The Labute approximate surface area is 87.4 Å². The van der Waals surface area contributed by atoms with Crippen molar-refractivity contribution in [3.05, 3.63) is 5.82 Å². The molecule has 0 aromatic carbocycles. The average molecular weight is 214 g/mol. The molecule has 0 aliphatic carbocycles. The Hall–Kier alpha value is -1.34. The zero-order valence-electron chi connectivity index (χ0n) is 8.84. The van der Waals surface area contributed by atoms with Crippen molar-refractivity contribution in [3.8, 4) is 0 Å². The summed E-state index contributed by atoms with van der Waals surface area (Å²) in [6, 6.07) is 0. The molecule has 0 atom stereocenters. The number of tetrazole rings is 1. The smallest absolute Gasteiger partial charge is 0.182 e. The third-order valence-electron chi connectivity index (χ3n) is 1.60. The lowest BCUT2D eigenvalue weighted by molar-refractivity contribution is -0.123. The number of carbonyl (C=O) groups excluding carboxylic acids is 1. The fraction of sp³-hybridized carbons (Fsp3) is 0.750. The predicted octanol–water partition coefficient (Wildman–Crippen LogP) is -1.02. The molecule has 0 fully saturated rings. The Bertz CT molecular complexity index is 313. The Morgan fingerprint density at radius 3 is 2.87 bits per heavy atom. The number of nitrogens with zero attached hydrogens (tertiary/aromatic N) is 4. The summed E-state index contributed by atoms with van der Waals surface area (Å²) in [5, 5.41) is 11.2. The van der Waals surface area contributed by atoms with Crippen molar-refractivity contribution in [3.63, 3.8) is 0 Å². The van der Waals surface area contributed by atoms with Gasteiger partial charge in [-0.15, -0.1) is 10.2 Å². The molecule has 0 radical (unpaired) electrons. The molecule has 7 heteroatoms. The number of ketones is 1. The van der Waals surface area contributed by atoms with Gasteiger partial charge in [-0.1, -0.05) is 0 Å². The number of rotatable bonds is 7. The number of carbonyl (C=O) groups is 1. The summed E-state index contributed by atoms with van der Waals surface area (Å²) in [6.07, 6.45) is 0.154. The molecule has 0 unspecified atom stereocenters. The van der Waals surface area contributed by atoms with Gasteiger partial charge in [-0.05, 0) is 5.21 Å². The summed E-state index contributed by atoms with van der Waals surface area (Å²) in [5.41, 5.74) is 0. The van der Waals surface area contributed by atoms with Crippen LogP contribution in [0.4, 0.5) is 0 Å². The van der Waals surface area contributed by atoms with Gasteiger partial charge in [0.05, 0.1) is 26.7 Å². The molecule has 1 aromatic rings. The highest BCUT2D eigenvalue weighted by Gasteiger charge is 2.08. The maximum atomic E-state index is 11.3. The Balaban J connectivity index is 2.18. The molecule has 0 spiro atoms. The number of hydrogen-bond acceptors (Lipinski definition) is 6. The molecular formula is C8H14N4O3. The van der Waals surface area contributed by atoms with Crippen LogP contribution in [0, 0.1) is 0 Å². The summed E-state index contributed by atoms with van der Waals surface area (Å²) in [7, 11) is 3.23. The highest BCUT2D eigenvalue weighted by molar-refractivity contribution is 5.81. The van der Waals surface area contributed by atoms with E-state index in [0.29, 0.717) is 19.0 Å². The molecule has 1 aromatic heterocycles. The van der Waals surface area contributed by atoms with Crippen LogP contribution >= 0.6 is 0 Å². The molecule has 0 N–H and O–H groups in total. The molecule has 1 rings (SSSR count). The minimum Gasteiger partial charge on any atom is -0.382 e. The van der Waals surface area contributed by atoms with Gasteiger partial charge in [0.1, 0.15) is 6.61 Å². The van der Waals surface area contributed by atoms with Crippen molar-refractivity contribution in [2.24, 2.45) is 7.05 Å². The number of Topliss-reactive ketones (excluding diaryl/α,β-unsaturated/α-hetero) is 1. The van der Waals surface area contributed by atoms with E-state index in [4.69, 9.17) is 9.47 Å². The second-order valence-electron chi connectivity index (χ2n) is 2.96. The molecule has 0 amide bonds. The van der Waals surface area contributed by atoms with Crippen LogP contribution in [0.5, 0.6) is 0 Å². The van der Waals surface area contributed by atoms with E-state index in [9.17, 15) is 4.79 Å². The molecule has 7 nitrogen and oxygen atoms in total. The van der Waals surface area contributed by atoms with Crippen molar-refractivity contribution < 1.29 is 14.3 Å². The van der Waals surface area contributed by atoms with Gasteiger partial charge in [-0.2, -0.15) is 4.80 Å². The van der Waals surface area contributed by atoms with Crippen molar-refractivity contribution >= 4 is 5.78 Å². The zero-order valence-corrected chi connectivity index (χ0v) is 8.84. The predicted molar refractivity (Wildman–Crippen MR) is 50.2 cm³/mol. The number of ether oxygens (including phenoxy) is 2. The minimum atomic E-state index is -0.0703. The highest BCUT2D eigenvalue weighted by Crippen LogP contribution is 1.90. The first-order valence-electron chi connectivity index (χ1n) is 4.53. The normalized spacial score (nSPS) is 10.5. The lowest BCUT2D eigenvalue weighted by atomic mass is 10.3. The summed E-state index contributed by atoms with van der Waals surface area (Å²) in [5.74, 6) is 0.344. The number of aromatic nitrogens is 4. The van der Waals surface area contributed by atoms with Crippen molar-refractivity contribution in [2.75, 3.05) is 26.9 Å². The van der Waals surface area contributed by atoms with E-state index < -0.39 is 0 Å². The third kappa shape index (κ3) is 4.61. The van der Waals surface area contributed by atoms with Gasteiger partial charge < -0.3 is 9.47 Å². The van der Waals surface area contributed by atoms with Crippen LogP contribution in [0.1, 0.15) is 5.82 Å². The van der Waals surface area contributed by atoms with E-state index in [-0.39, 0.29) is 18.8 Å². The Morgan fingerprint density at radius 2 is 2.27 bits per heavy atom. The van der Waals surface area contributed by atoms with Gasteiger partial charge in [0.15, 0.2) is 11.6 Å². The van der Waals surface area contributed by atoms with Crippen LogP contribution in [-0.4, -0.2) is 52.9 Å². The topological polar surface area (TPSA) is 79.1 Å². The average Bonchev–Trinajstić information content (AvgIpc) is 2.59. The lowest BCUT2D eigenvalue weighted by Gasteiger charge is -2.00. The second kappa shape index (κ2) is 6.20. The van der Waals surface area contributed by atoms with Crippen LogP contribution in [0.2, 0.25) is 0 Å². The first-order valence-corrected chi connectivity index (χ1v) is 4.53. The zero-order chi connectivity index (χ0) is 11.1. The van der Waals surface area contributed by atoms with Crippen LogP contribution in [0.25, 0.3) is 0 Å². The van der Waals surface area contributed by atoms with Gasteiger partial charge in [0.2, 0.25) is 0 Å². The molecule has 0 aliphatic rings. The minimum absolute atomic E-state index is 0.0572. The largest absolute Gasteiger partial charge is 0.382 e. The van der Waals surface area contributed by atoms with Gasteiger partial charge in [0, 0.05) is 7.11 Å². The molecule has 0 saturated heterocycles. The Kier molecular flexibility index (Phi) is 4.85. The van der Waals surface area contributed by atoms with E-state index in [1.165, 1.54) is 4.80 Å². The second-order valence-corrected chi connectivity index (χ2v) is 2.96. The van der Waals surface area contributed by atoms with E-state index >= 15 is 0 Å². The molecule has 0 bridgehead atoms. The number of methoxy groups -OCH3 is 1. The molecule has 0 saturated carbocycles. The van der Waals surface area contributed by atoms with E-state index in [0.717, 1.165) is 0 Å².